The number of rotatable bonds is 67. The molecule has 0 N–H and O–H groups in total. The first-order chi connectivity index (χ1) is 42.0. The van der Waals surface area contributed by atoms with E-state index in [4.69, 9.17) is 18.5 Å². The molecule has 0 aromatic heterocycles. The first-order valence-electron chi connectivity index (χ1n) is 36.3. The Hall–Kier alpha value is -2.81. The van der Waals surface area contributed by atoms with E-state index in [0.29, 0.717) is 17.4 Å². The summed E-state index contributed by atoms with van der Waals surface area (Å²) in [7, 11) is 1.17. The summed E-state index contributed by atoms with van der Waals surface area (Å²) < 4.78 is 34.4. The maximum atomic E-state index is 12.9. The zero-order valence-electron chi connectivity index (χ0n) is 57.0. The quantitative estimate of drug-likeness (QED) is 0.0195. The fourth-order valence-corrected chi connectivity index (χ4v) is 11.1. The molecule has 0 bridgehead atoms. The highest BCUT2D eigenvalue weighted by Crippen LogP contribution is 2.38. The normalized spacial score (nSPS) is 13.6. The number of phosphoric acid groups is 1. The molecule has 0 radical (unpaired) electrons. The number of hydrogen-bond acceptors (Lipinski definition) is 8. The predicted octanol–water partition coefficient (Wildman–Crippen LogP) is 23.1. The maximum Gasteiger partial charge on any atom is 0.306 e. The molecule has 9 nitrogen and oxygen atoms in total. The number of phosphoric ester groups is 1. The fraction of sp³-hybridized carbons (Fsp3) is 0.789. The van der Waals surface area contributed by atoms with Crippen molar-refractivity contribution in [2.75, 3.05) is 47.5 Å². The van der Waals surface area contributed by atoms with E-state index in [-0.39, 0.29) is 32.0 Å². The Morgan fingerprint density at radius 2 is 0.663 bits per heavy atom. The van der Waals surface area contributed by atoms with Gasteiger partial charge < -0.3 is 27.9 Å². The predicted molar refractivity (Wildman–Crippen MR) is 369 cm³/mol. The molecule has 2 unspecified atom stereocenters. The summed E-state index contributed by atoms with van der Waals surface area (Å²) in [4.78, 5) is 38.1. The number of esters is 2. The Morgan fingerprint density at radius 3 is 0.988 bits per heavy atom. The minimum absolute atomic E-state index is 0.0313. The van der Waals surface area contributed by atoms with Crippen LogP contribution < -0.4 is 4.89 Å². The highest BCUT2D eigenvalue weighted by atomic mass is 31.2. The summed E-state index contributed by atoms with van der Waals surface area (Å²) in [5.41, 5.74) is 0. The van der Waals surface area contributed by atoms with Crippen LogP contribution in [0.4, 0.5) is 0 Å². The van der Waals surface area contributed by atoms with Gasteiger partial charge in [0.05, 0.1) is 27.7 Å². The van der Waals surface area contributed by atoms with Crippen LogP contribution in [0.5, 0.6) is 0 Å². The number of ether oxygens (including phenoxy) is 2. The van der Waals surface area contributed by atoms with Crippen molar-refractivity contribution in [3.8, 4) is 0 Å². The molecule has 2 atom stereocenters. The van der Waals surface area contributed by atoms with E-state index in [1.807, 2.05) is 21.1 Å². The van der Waals surface area contributed by atoms with E-state index in [9.17, 15) is 19.0 Å². The largest absolute Gasteiger partial charge is 0.756 e. The Morgan fingerprint density at radius 1 is 0.372 bits per heavy atom. The van der Waals surface area contributed by atoms with Gasteiger partial charge in [-0.3, -0.25) is 14.2 Å². The first-order valence-corrected chi connectivity index (χ1v) is 37.8. The molecule has 0 saturated carbocycles. The van der Waals surface area contributed by atoms with E-state index in [1.54, 1.807) is 0 Å². The summed E-state index contributed by atoms with van der Waals surface area (Å²) in [6, 6.07) is 0. The van der Waals surface area contributed by atoms with E-state index in [1.165, 1.54) is 225 Å². The fourth-order valence-electron chi connectivity index (χ4n) is 10.4. The van der Waals surface area contributed by atoms with Crippen LogP contribution in [0.3, 0.4) is 0 Å². The SMILES string of the molecule is CC/C=C\C/C=C\C/C=C\C/C=C\CCCCCCCCCCCCCCCCCCCCC(=O)OC(COC(=O)CCCCCCCCCCCCCCCCCC/C=C\C/C=C\C/C=C\CCCCCCC)COP(=O)([O-])OCC[N+](C)(C)C. The lowest BCUT2D eigenvalue weighted by Gasteiger charge is -2.28. The van der Waals surface area contributed by atoms with Gasteiger partial charge in [0.2, 0.25) is 0 Å². The standard InChI is InChI=1S/C76H138NO8P/c1-6-8-10-12-14-16-18-20-22-24-26-28-30-32-34-36-38-40-42-44-46-48-50-52-54-56-58-60-62-64-66-68-75(78)82-72-74(73-84-86(80,81)83-71-70-77(3,4)5)85-76(79)69-67-65-63-61-59-57-55-53-51-49-47-45-43-41-39-37-35-33-31-29-27-25-23-21-19-17-15-13-11-9-7-2/h9,11,15,17-18,20-21,23-24,26-27,29-30,32,74H,6-8,10,12-14,16,19,22,25,28,31,33-73H2,1-5H3/b11-9-,17-15-,20-18-,23-21-,26-24-,29-27-,32-30-. The van der Waals surface area contributed by atoms with Gasteiger partial charge in [-0.1, -0.05) is 317 Å². The van der Waals surface area contributed by atoms with Crippen molar-refractivity contribution in [1.82, 2.24) is 0 Å². The highest BCUT2D eigenvalue weighted by molar-refractivity contribution is 7.45. The molecule has 0 aromatic rings. The van der Waals surface area contributed by atoms with Gasteiger partial charge in [-0.25, -0.2) is 0 Å². The Labute approximate surface area is 532 Å². The van der Waals surface area contributed by atoms with Gasteiger partial charge >= 0.3 is 11.9 Å². The maximum absolute atomic E-state index is 12.9. The van der Waals surface area contributed by atoms with Crippen molar-refractivity contribution >= 4 is 19.8 Å². The van der Waals surface area contributed by atoms with E-state index < -0.39 is 26.5 Å². The molecule has 500 valence electrons. The van der Waals surface area contributed by atoms with Gasteiger partial charge in [0.15, 0.2) is 6.10 Å². The minimum atomic E-state index is -4.64. The summed E-state index contributed by atoms with van der Waals surface area (Å²) in [6.45, 7) is 4.16. The molecule has 0 heterocycles. The molecular formula is C76H138NO8P. The first kappa shape index (κ1) is 83.2. The lowest BCUT2D eigenvalue weighted by Crippen LogP contribution is -2.37. The molecule has 0 amide bonds. The van der Waals surface area contributed by atoms with Gasteiger partial charge in [-0.15, -0.1) is 0 Å². The third-order valence-electron chi connectivity index (χ3n) is 15.9. The Kier molecular flexibility index (Phi) is 64.4. The summed E-state index contributed by atoms with van der Waals surface area (Å²) >= 11 is 0. The van der Waals surface area contributed by atoms with Crippen molar-refractivity contribution in [3.05, 3.63) is 85.1 Å². The molecule has 0 aliphatic carbocycles. The lowest BCUT2D eigenvalue weighted by atomic mass is 10.0. The van der Waals surface area contributed by atoms with Crippen LogP contribution in [0.25, 0.3) is 0 Å². The molecular weight excluding hydrogens is 1090 g/mol. The van der Waals surface area contributed by atoms with Gasteiger partial charge in [-0.05, 0) is 89.9 Å². The Bertz CT molecular complexity index is 1730. The molecule has 10 heteroatoms. The molecule has 0 aromatic carbocycles. The molecule has 0 saturated heterocycles. The topological polar surface area (TPSA) is 111 Å². The molecule has 0 spiro atoms. The summed E-state index contributed by atoms with van der Waals surface area (Å²) in [6.07, 6.45) is 91.0. The van der Waals surface area contributed by atoms with Crippen LogP contribution >= 0.6 is 7.82 Å². The van der Waals surface area contributed by atoms with Gasteiger partial charge in [0.25, 0.3) is 7.82 Å². The van der Waals surface area contributed by atoms with Crippen LogP contribution in [0, 0.1) is 0 Å². The third-order valence-corrected chi connectivity index (χ3v) is 16.9. The number of hydrogen-bond donors (Lipinski definition) is 0. The van der Waals surface area contributed by atoms with E-state index in [0.717, 1.165) is 77.0 Å². The number of quaternary nitrogens is 1. The van der Waals surface area contributed by atoms with E-state index >= 15 is 0 Å². The van der Waals surface area contributed by atoms with E-state index in [2.05, 4.69) is 98.9 Å². The van der Waals surface area contributed by atoms with Crippen molar-refractivity contribution in [1.29, 1.82) is 0 Å². The summed E-state index contributed by atoms with van der Waals surface area (Å²) in [5.74, 6) is -0.820. The van der Waals surface area contributed by atoms with Gasteiger partial charge in [0, 0.05) is 12.8 Å². The molecule has 0 aliphatic rings. The number of carbonyl (C=O) groups excluding carboxylic acids is 2. The molecule has 0 fully saturated rings. The van der Waals surface area contributed by atoms with Crippen molar-refractivity contribution < 1.29 is 42.1 Å². The second-order valence-corrected chi connectivity index (χ2v) is 27.0. The van der Waals surface area contributed by atoms with Crippen LogP contribution in [-0.4, -0.2) is 70.0 Å². The lowest BCUT2D eigenvalue weighted by molar-refractivity contribution is -0.870. The number of allylic oxidation sites excluding steroid dienone is 14. The molecule has 0 rings (SSSR count). The average molecular weight is 1220 g/mol. The number of unbranched alkanes of at least 4 members (excludes halogenated alkanes) is 39. The van der Waals surface area contributed by atoms with Crippen molar-refractivity contribution in [3.63, 3.8) is 0 Å². The van der Waals surface area contributed by atoms with Crippen LogP contribution in [0.15, 0.2) is 85.1 Å². The van der Waals surface area contributed by atoms with Crippen molar-refractivity contribution in [2.24, 2.45) is 0 Å². The smallest absolute Gasteiger partial charge is 0.306 e. The second-order valence-electron chi connectivity index (χ2n) is 25.6. The van der Waals surface area contributed by atoms with Crippen molar-refractivity contribution in [2.45, 2.75) is 341 Å². The average Bonchev–Trinajstić information content (AvgIpc) is 3.56. The van der Waals surface area contributed by atoms with Gasteiger partial charge in [-0.2, -0.15) is 0 Å². The van der Waals surface area contributed by atoms with Gasteiger partial charge in [0.1, 0.15) is 19.8 Å². The number of nitrogens with zero attached hydrogens (tertiary/aromatic N) is 1. The molecule has 0 aliphatic heterocycles. The van der Waals surface area contributed by atoms with Crippen LogP contribution in [-0.2, 0) is 32.7 Å². The zero-order chi connectivity index (χ0) is 62.6. The second kappa shape index (κ2) is 66.6. The zero-order valence-corrected chi connectivity index (χ0v) is 57.9. The minimum Gasteiger partial charge on any atom is -0.756 e. The molecule has 86 heavy (non-hydrogen) atoms. The monoisotopic (exact) mass is 1220 g/mol. The third kappa shape index (κ3) is 70.3. The Balaban J connectivity index is 4.00. The van der Waals surface area contributed by atoms with Crippen LogP contribution in [0.2, 0.25) is 0 Å². The van der Waals surface area contributed by atoms with Crippen LogP contribution in [0.1, 0.15) is 335 Å². The number of carbonyl (C=O) groups is 2. The number of likely N-dealkylation sites (N-methyl/N-ethyl adjacent to an activating group) is 1. The summed E-state index contributed by atoms with van der Waals surface area (Å²) in [5, 5.41) is 0. The highest BCUT2D eigenvalue weighted by Gasteiger charge is 2.22.